The molecule has 0 unspecified atom stereocenters. The predicted molar refractivity (Wildman–Crippen MR) is 76.7 cm³/mol. The minimum absolute atomic E-state index is 0.147. The van der Waals surface area contributed by atoms with E-state index in [1.165, 1.54) is 7.11 Å². The molecular formula is C14H13Cl2NO3. The number of amides is 1. The van der Waals surface area contributed by atoms with Crippen LogP contribution < -0.4 is 5.32 Å². The maximum Gasteiger partial charge on any atom is 0.336 e. The van der Waals surface area contributed by atoms with Crippen LogP contribution in [0.4, 0.5) is 0 Å². The van der Waals surface area contributed by atoms with E-state index in [9.17, 15) is 9.59 Å². The highest BCUT2D eigenvalue weighted by molar-refractivity contribution is 6.42. The van der Waals surface area contributed by atoms with E-state index >= 15 is 0 Å². The van der Waals surface area contributed by atoms with Gasteiger partial charge in [0.25, 0.3) is 0 Å². The molecule has 1 aliphatic heterocycles. The Morgan fingerprint density at radius 3 is 2.65 bits per heavy atom. The maximum atomic E-state index is 11.9. The number of benzene rings is 1. The number of carbonyl (C=O) groups is 2. The van der Waals surface area contributed by atoms with Gasteiger partial charge in [0.05, 0.1) is 22.7 Å². The van der Waals surface area contributed by atoms with Crippen molar-refractivity contribution < 1.29 is 14.3 Å². The number of hydrogen-bond donors (Lipinski definition) is 1. The van der Waals surface area contributed by atoms with Crippen LogP contribution in [-0.2, 0) is 14.3 Å². The third-order valence-electron chi connectivity index (χ3n) is 3.22. The largest absolute Gasteiger partial charge is 0.466 e. The lowest BCUT2D eigenvalue weighted by Gasteiger charge is -2.26. The first-order valence-electron chi connectivity index (χ1n) is 5.98. The topological polar surface area (TPSA) is 55.4 Å². The molecule has 1 atom stereocenters. The number of ether oxygens (including phenoxy) is 1. The molecule has 20 heavy (non-hydrogen) atoms. The highest BCUT2D eigenvalue weighted by atomic mass is 35.5. The Kier molecular flexibility index (Phi) is 4.35. The van der Waals surface area contributed by atoms with Crippen molar-refractivity contribution in [3.63, 3.8) is 0 Å². The van der Waals surface area contributed by atoms with Crippen molar-refractivity contribution in [2.24, 2.45) is 0 Å². The molecule has 0 saturated heterocycles. The molecule has 106 valence electrons. The lowest BCUT2D eigenvalue weighted by Crippen LogP contribution is -2.34. The fourth-order valence-corrected chi connectivity index (χ4v) is 2.60. The number of hydrogen-bond acceptors (Lipinski definition) is 3. The summed E-state index contributed by atoms with van der Waals surface area (Å²) >= 11 is 11.9. The standard InChI is InChI=1S/C14H13Cl2NO3/c1-7-13(14(19)20-2)9(6-12(18)17-7)8-3-4-10(15)11(16)5-8/h3-5,9H,6H2,1-2H3,(H,17,18)/t9-/m1/s1. The van der Waals surface area contributed by atoms with Gasteiger partial charge in [0.15, 0.2) is 0 Å². The zero-order valence-electron chi connectivity index (χ0n) is 11.0. The van der Waals surface area contributed by atoms with Crippen LogP contribution in [0.1, 0.15) is 24.8 Å². The van der Waals surface area contributed by atoms with E-state index in [1.807, 2.05) is 0 Å². The van der Waals surface area contributed by atoms with E-state index in [0.717, 1.165) is 5.56 Å². The third kappa shape index (κ3) is 2.81. The third-order valence-corrected chi connectivity index (χ3v) is 3.96. The number of allylic oxidation sites excluding steroid dienone is 1. The van der Waals surface area contributed by atoms with Gasteiger partial charge < -0.3 is 10.1 Å². The summed E-state index contributed by atoms with van der Waals surface area (Å²) in [5.41, 5.74) is 1.70. The van der Waals surface area contributed by atoms with Gasteiger partial charge in [0.2, 0.25) is 5.91 Å². The average Bonchev–Trinajstić information content (AvgIpc) is 2.40. The van der Waals surface area contributed by atoms with E-state index in [1.54, 1.807) is 25.1 Å². The number of rotatable bonds is 2. The van der Waals surface area contributed by atoms with E-state index in [-0.39, 0.29) is 18.2 Å². The van der Waals surface area contributed by atoms with Gasteiger partial charge in [-0.15, -0.1) is 0 Å². The van der Waals surface area contributed by atoms with Crippen molar-refractivity contribution in [3.8, 4) is 0 Å². The van der Waals surface area contributed by atoms with Crippen molar-refractivity contribution in [1.29, 1.82) is 0 Å². The van der Waals surface area contributed by atoms with Crippen LogP contribution in [0.5, 0.6) is 0 Å². The van der Waals surface area contributed by atoms with Crippen molar-refractivity contribution in [3.05, 3.63) is 45.1 Å². The molecular weight excluding hydrogens is 301 g/mol. The summed E-state index contributed by atoms with van der Waals surface area (Å²) in [6, 6.07) is 5.08. The Bertz CT molecular complexity index is 610. The molecule has 1 aromatic carbocycles. The Hall–Kier alpha value is -1.52. The lowest BCUT2D eigenvalue weighted by molar-refractivity contribution is -0.136. The van der Waals surface area contributed by atoms with Gasteiger partial charge in [-0.3, -0.25) is 4.79 Å². The van der Waals surface area contributed by atoms with E-state index in [4.69, 9.17) is 27.9 Å². The van der Waals surface area contributed by atoms with Crippen LogP contribution in [-0.4, -0.2) is 19.0 Å². The van der Waals surface area contributed by atoms with Crippen LogP contribution >= 0.6 is 23.2 Å². The van der Waals surface area contributed by atoms with Gasteiger partial charge >= 0.3 is 5.97 Å². The SMILES string of the molecule is COC(=O)C1=C(C)NC(=O)C[C@@H]1c1ccc(Cl)c(Cl)c1. The predicted octanol–water partition coefficient (Wildman–Crippen LogP) is 3.04. The van der Waals surface area contributed by atoms with Gasteiger partial charge in [0, 0.05) is 18.0 Å². The molecule has 2 rings (SSSR count). The quantitative estimate of drug-likeness (QED) is 0.854. The molecule has 0 aromatic heterocycles. The number of nitrogens with one attached hydrogen (secondary N) is 1. The van der Waals surface area contributed by atoms with Gasteiger partial charge in [-0.25, -0.2) is 4.79 Å². The van der Waals surface area contributed by atoms with E-state index in [2.05, 4.69) is 5.32 Å². The summed E-state index contributed by atoms with van der Waals surface area (Å²) in [7, 11) is 1.31. The molecule has 0 radical (unpaired) electrons. The highest BCUT2D eigenvalue weighted by Gasteiger charge is 2.32. The molecule has 1 heterocycles. The molecule has 0 saturated carbocycles. The maximum absolute atomic E-state index is 11.9. The normalized spacial score (nSPS) is 18.8. The van der Waals surface area contributed by atoms with Crippen LogP contribution in [0.2, 0.25) is 10.0 Å². The first kappa shape index (κ1) is 14.9. The Labute approximate surface area is 126 Å². The molecule has 0 fully saturated rings. The minimum atomic E-state index is -0.460. The second-order valence-corrected chi connectivity index (χ2v) is 5.32. The number of methoxy groups -OCH3 is 1. The number of carbonyl (C=O) groups excluding carboxylic acids is 2. The molecule has 0 bridgehead atoms. The summed E-state index contributed by atoms with van der Waals surface area (Å²) in [4.78, 5) is 23.6. The average molecular weight is 314 g/mol. The lowest BCUT2D eigenvalue weighted by atomic mass is 9.84. The second kappa shape index (κ2) is 5.85. The van der Waals surface area contributed by atoms with Crippen molar-refractivity contribution >= 4 is 35.1 Å². The molecule has 0 aliphatic carbocycles. The molecule has 1 aromatic rings. The molecule has 1 aliphatic rings. The van der Waals surface area contributed by atoms with Crippen LogP contribution in [0.3, 0.4) is 0 Å². The molecule has 1 N–H and O–H groups in total. The van der Waals surface area contributed by atoms with Crippen LogP contribution in [0.15, 0.2) is 29.5 Å². The Balaban J connectivity index is 2.50. The van der Waals surface area contributed by atoms with Gasteiger partial charge in [0.1, 0.15) is 0 Å². The number of halogens is 2. The molecule has 4 nitrogen and oxygen atoms in total. The Morgan fingerprint density at radius 2 is 2.05 bits per heavy atom. The van der Waals surface area contributed by atoms with E-state index in [0.29, 0.717) is 21.3 Å². The van der Waals surface area contributed by atoms with Gasteiger partial charge in [-0.1, -0.05) is 29.3 Å². The fraction of sp³-hybridized carbons (Fsp3) is 0.286. The van der Waals surface area contributed by atoms with Gasteiger partial charge in [-0.05, 0) is 24.6 Å². The summed E-state index contributed by atoms with van der Waals surface area (Å²) < 4.78 is 4.79. The van der Waals surface area contributed by atoms with Crippen molar-refractivity contribution in [2.45, 2.75) is 19.3 Å². The molecule has 6 heteroatoms. The second-order valence-electron chi connectivity index (χ2n) is 4.51. The van der Waals surface area contributed by atoms with Gasteiger partial charge in [-0.2, -0.15) is 0 Å². The van der Waals surface area contributed by atoms with Crippen molar-refractivity contribution in [2.75, 3.05) is 7.11 Å². The molecule has 1 amide bonds. The smallest absolute Gasteiger partial charge is 0.336 e. The van der Waals surface area contributed by atoms with Crippen molar-refractivity contribution in [1.82, 2.24) is 5.32 Å². The summed E-state index contributed by atoms with van der Waals surface area (Å²) in [5.74, 6) is -0.990. The first-order chi connectivity index (χ1) is 9.43. The number of esters is 1. The first-order valence-corrected chi connectivity index (χ1v) is 6.73. The summed E-state index contributed by atoms with van der Waals surface area (Å²) in [6.45, 7) is 1.67. The van der Waals surface area contributed by atoms with E-state index < -0.39 is 5.97 Å². The summed E-state index contributed by atoms with van der Waals surface area (Å²) in [6.07, 6.45) is 0.166. The van der Waals surface area contributed by atoms with Crippen LogP contribution in [0, 0.1) is 0 Å². The summed E-state index contributed by atoms with van der Waals surface area (Å²) in [5, 5.41) is 3.46. The van der Waals surface area contributed by atoms with Crippen LogP contribution in [0.25, 0.3) is 0 Å². The highest BCUT2D eigenvalue weighted by Crippen LogP contribution is 2.36. The minimum Gasteiger partial charge on any atom is -0.466 e. The molecule has 0 spiro atoms. The fourth-order valence-electron chi connectivity index (χ4n) is 2.30. The zero-order chi connectivity index (χ0) is 14.9. The zero-order valence-corrected chi connectivity index (χ0v) is 12.5. The Morgan fingerprint density at radius 1 is 1.35 bits per heavy atom. The monoisotopic (exact) mass is 313 g/mol.